The Hall–Kier alpha value is -0.570. The molecule has 8 heavy (non-hydrogen) atoms. The fourth-order valence-electron chi connectivity index (χ4n) is 0.825. The molecule has 1 rings (SSSR count). The Morgan fingerprint density at radius 3 is 2.75 bits per heavy atom. The molecule has 0 unspecified atom stereocenters. The minimum atomic E-state index is -0.775. The largest absolute Gasteiger partial charge is 0.480 e. The maximum absolute atomic E-state index is 10.1. The lowest BCUT2D eigenvalue weighted by Crippen LogP contribution is -2.24. The van der Waals surface area contributed by atoms with Crippen LogP contribution in [0.25, 0.3) is 0 Å². The first-order valence-corrected chi connectivity index (χ1v) is 2.70. The summed E-state index contributed by atoms with van der Waals surface area (Å²) in [6.45, 7) is 0.733. The Kier molecular flexibility index (Phi) is 1.48. The maximum atomic E-state index is 10.1. The summed E-state index contributed by atoms with van der Waals surface area (Å²) in [6, 6.07) is -0.394. The number of nitrogens with zero attached hydrogens (tertiary/aromatic N) is 1. The van der Waals surface area contributed by atoms with Gasteiger partial charge in [-0.2, -0.15) is 0 Å². The van der Waals surface area contributed by atoms with Crippen LogP contribution in [0.5, 0.6) is 0 Å². The first kappa shape index (κ1) is 5.56. The molecule has 0 aromatic heterocycles. The Morgan fingerprint density at radius 1 is 1.75 bits per heavy atom. The lowest BCUT2D eigenvalue weighted by atomic mass is 10.2. The van der Waals surface area contributed by atoms with Gasteiger partial charge in [0, 0.05) is 6.54 Å². The third-order valence-electron chi connectivity index (χ3n) is 1.27. The molecule has 1 heterocycles. The van der Waals surface area contributed by atoms with E-state index in [9.17, 15) is 4.79 Å². The molecule has 1 saturated heterocycles. The molecule has 0 amide bonds. The van der Waals surface area contributed by atoms with Gasteiger partial charge in [-0.1, -0.05) is 0 Å². The fraction of sp³-hybridized carbons (Fsp3) is 0.800. The summed E-state index contributed by atoms with van der Waals surface area (Å²) in [4.78, 5) is 10.1. The molecule has 0 aliphatic carbocycles. The minimum Gasteiger partial charge on any atom is -0.480 e. The van der Waals surface area contributed by atoms with Crippen LogP contribution in [0.2, 0.25) is 0 Å². The van der Waals surface area contributed by atoms with Crippen LogP contribution in [0.4, 0.5) is 0 Å². The van der Waals surface area contributed by atoms with E-state index in [4.69, 9.17) is 5.11 Å². The van der Waals surface area contributed by atoms with Crippen molar-refractivity contribution in [2.45, 2.75) is 18.9 Å². The van der Waals surface area contributed by atoms with E-state index in [1.165, 1.54) is 0 Å². The van der Waals surface area contributed by atoms with E-state index in [0.29, 0.717) is 0 Å². The summed E-state index contributed by atoms with van der Waals surface area (Å²) < 4.78 is 0. The van der Waals surface area contributed by atoms with Crippen LogP contribution < -0.4 is 5.32 Å². The van der Waals surface area contributed by atoms with Crippen molar-refractivity contribution in [2.75, 3.05) is 6.54 Å². The third-order valence-corrected chi connectivity index (χ3v) is 1.27. The molecule has 0 aromatic carbocycles. The van der Waals surface area contributed by atoms with E-state index >= 15 is 0 Å². The van der Waals surface area contributed by atoms with Crippen LogP contribution in [0.1, 0.15) is 12.8 Å². The summed E-state index contributed by atoms with van der Waals surface area (Å²) in [5, 5.41) is 12.2. The van der Waals surface area contributed by atoms with Gasteiger partial charge in [0.1, 0.15) is 6.04 Å². The van der Waals surface area contributed by atoms with Crippen LogP contribution in [-0.2, 0) is 4.79 Å². The SMILES string of the molecule is O=C(O)[C@@H]1CCC[N]1. The van der Waals surface area contributed by atoms with Gasteiger partial charge in [-0.15, -0.1) is 0 Å². The molecule has 45 valence electrons. The Bertz CT molecular complexity index is 96.6. The molecular formula is C5H8NO2. The Balaban J connectivity index is 2.35. The quantitative estimate of drug-likeness (QED) is 0.515. The van der Waals surface area contributed by atoms with E-state index in [0.717, 1.165) is 19.4 Å². The van der Waals surface area contributed by atoms with Gasteiger partial charge in [0.25, 0.3) is 0 Å². The number of rotatable bonds is 1. The topological polar surface area (TPSA) is 51.4 Å². The predicted octanol–water partition coefficient (Wildman–Crippen LogP) is -0.162. The Morgan fingerprint density at radius 2 is 2.50 bits per heavy atom. The van der Waals surface area contributed by atoms with Crippen LogP contribution in [-0.4, -0.2) is 23.7 Å². The number of hydrogen-bond acceptors (Lipinski definition) is 1. The number of aliphatic carboxylic acids is 1. The van der Waals surface area contributed by atoms with Gasteiger partial charge in [-0.25, -0.2) is 5.32 Å². The van der Waals surface area contributed by atoms with Gasteiger partial charge < -0.3 is 5.11 Å². The summed E-state index contributed by atoms with van der Waals surface area (Å²) in [7, 11) is 0. The highest BCUT2D eigenvalue weighted by atomic mass is 16.4. The number of carbonyl (C=O) groups is 1. The van der Waals surface area contributed by atoms with Crippen LogP contribution in [0.15, 0.2) is 0 Å². The first-order valence-electron chi connectivity index (χ1n) is 2.70. The molecule has 0 spiro atoms. The van der Waals surface area contributed by atoms with Gasteiger partial charge in [-0.3, -0.25) is 4.79 Å². The molecule has 3 nitrogen and oxygen atoms in total. The van der Waals surface area contributed by atoms with Gasteiger partial charge in [0.15, 0.2) is 0 Å². The highest BCUT2D eigenvalue weighted by molar-refractivity contribution is 5.73. The van der Waals surface area contributed by atoms with Crippen LogP contribution in [0.3, 0.4) is 0 Å². The second-order valence-electron chi connectivity index (χ2n) is 1.90. The smallest absolute Gasteiger partial charge is 0.322 e. The average molecular weight is 114 g/mol. The zero-order chi connectivity index (χ0) is 5.98. The van der Waals surface area contributed by atoms with E-state index in [1.54, 1.807) is 0 Å². The monoisotopic (exact) mass is 114 g/mol. The van der Waals surface area contributed by atoms with E-state index in [1.807, 2.05) is 0 Å². The predicted molar refractivity (Wildman–Crippen MR) is 27.7 cm³/mol. The molecule has 1 N–H and O–H groups in total. The molecule has 0 saturated carbocycles. The molecule has 0 aromatic rings. The third kappa shape index (κ3) is 0.980. The number of carboxylic acids is 1. The van der Waals surface area contributed by atoms with Crippen molar-refractivity contribution in [1.29, 1.82) is 0 Å². The Labute approximate surface area is 47.7 Å². The lowest BCUT2D eigenvalue weighted by Gasteiger charge is -1.97. The summed E-state index contributed by atoms with van der Waals surface area (Å²) >= 11 is 0. The van der Waals surface area contributed by atoms with E-state index in [-0.39, 0.29) is 0 Å². The fourth-order valence-corrected chi connectivity index (χ4v) is 0.825. The summed E-state index contributed by atoms with van der Waals surface area (Å²) in [5.41, 5.74) is 0. The van der Waals surface area contributed by atoms with Crippen molar-refractivity contribution in [2.24, 2.45) is 0 Å². The second kappa shape index (κ2) is 2.13. The average Bonchev–Trinajstić information content (AvgIpc) is 2.12. The van der Waals surface area contributed by atoms with Gasteiger partial charge in [-0.05, 0) is 12.8 Å². The highest BCUT2D eigenvalue weighted by Gasteiger charge is 2.21. The van der Waals surface area contributed by atoms with Crippen LogP contribution in [0, 0.1) is 0 Å². The summed E-state index contributed by atoms with van der Waals surface area (Å²) in [6.07, 6.45) is 1.67. The van der Waals surface area contributed by atoms with Gasteiger partial charge in [0.2, 0.25) is 0 Å². The molecule has 1 aliphatic heterocycles. The molecule has 1 atom stereocenters. The van der Waals surface area contributed by atoms with Crippen LogP contribution >= 0.6 is 0 Å². The van der Waals surface area contributed by atoms with Gasteiger partial charge in [0.05, 0.1) is 0 Å². The standard InChI is InChI=1S/C5H8NO2/c7-5(8)4-2-1-3-6-4/h4H,1-3H2,(H,7,8)/t4-/m0/s1. The van der Waals surface area contributed by atoms with E-state index in [2.05, 4.69) is 5.32 Å². The van der Waals surface area contributed by atoms with Gasteiger partial charge >= 0.3 is 5.97 Å². The number of carboxylic acid groups (broad SMARTS) is 1. The molecule has 1 radical (unpaired) electrons. The molecule has 1 aliphatic rings. The van der Waals surface area contributed by atoms with E-state index < -0.39 is 12.0 Å². The molecule has 1 fully saturated rings. The second-order valence-corrected chi connectivity index (χ2v) is 1.90. The van der Waals surface area contributed by atoms with Crippen molar-refractivity contribution in [3.63, 3.8) is 0 Å². The van der Waals surface area contributed by atoms with Crippen molar-refractivity contribution >= 4 is 5.97 Å². The van der Waals surface area contributed by atoms with Crippen molar-refractivity contribution in [3.05, 3.63) is 0 Å². The zero-order valence-electron chi connectivity index (χ0n) is 4.50. The molecule has 3 heteroatoms. The van der Waals surface area contributed by atoms with Crippen molar-refractivity contribution in [1.82, 2.24) is 5.32 Å². The normalized spacial score (nSPS) is 28.2. The minimum absolute atomic E-state index is 0.394. The summed E-state index contributed by atoms with van der Waals surface area (Å²) in [5.74, 6) is -0.775. The number of hydrogen-bond donors (Lipinski definition) is 1. The zero-order valence-corrected chi connectivity index (χ0v) is 4.50. The maximum Gasteiger partial charge on any atom is 0.322 e. The first-order chi connectivity index (χ1) is 3.80. The highest BCUT2D eigenvalue weighted by Crippen LogP contribution is 2.05. The lowest BCUT2D eigenvalue weighted by molar-refractivity contribution is -0.139. The van der Waals surface area contributed by atoms with Crippen molar-refractivity contribution in [3.8, 4) is 0 Å². The molecular weight excluding hydrogens is 106 g/mol. The molecule has 0 bridgehead atoms. The van der Waals surface area contributed by atoms with Crippen molar-refractivity contribution < 1.29 is 9.90 Å².